The number of amides is 2. The molecular weight excluding hydrogens is 370 g/mol. The van der Waals surface area contributed by atoms with Crippen molar-refractivity contribution in [1.29, 1.82) is 0 Å². The van der Waals surface area contributed by atoms with E-state index in [2.05, 4.69) is 5.32 Å². The highest BCUT2D eigenvalue weighted by atomic mass is 32.2. The first-order valence-corrected chi connectivity index (χ1v) is 10.0. The van der Waals surface area contributed by atoms with Gasteiger partial charge < -0.3 is 24.9 Å². The van der Waals surface area contributed by atoms with E-state index in [0.717, 1.165) is 0 Å². The Bertz CT molecular complexity index is 661. The quantitative estimate of drug-likeness (QED) is 0.301. The molecule has 0 heterocycles. The smallest absolute Gasteiger partial charge is 0.326 e. The predicted molar refractivity (Wildman–Crippen MR) is 82.6 cm³/mol. The summed E-state index contributed by atoms with van der Waals surface area (Å²) in [7, 11) is -10.7. The summed E-state index contributed by atoms with van der Waals surface area (Å²) in [6.07, 6.45) is 0. The van der Waals surface area contributed by atoms with Crippen LogP contribution in [0, 0.1) is 0 Å². The van der Waals surface area contributed by atoms with E-state index >= 15 is 0 Å². The lowest BCUT2D eigenvalue weighted by atomic mass is 10.3. The van der Waals surface area contributed by atoms with E-state index in [1.807, 2.05) is 4.72 Å². The van der Waals surface area contributed by atoms with Crippen molar-refractivity contribution in [1.82, 2.24) is 4.72 Å². The minimum absolute atomic E-state index is 0.273. The van der Waals surface area contributed by atoms with Crippen LogP contribution >= 0.6 is 27.1 Å². The highest BCUT2D eigenvalue weighted by molar-refractivity contribution is 7.98. The number of hydrogen-bond donors (Lipinski definition) is 6. The van der Waals surface area contributed by atoms with Crippen molar-refractivity contribution in [2.45, 2.75) is 17.2 Å². The molecule has 1 aromatic rings. The third-order valence-electron chi connectivity index (χ3n) is 2.32. The molecule has 0 saturated carbocycles. The van der Waals surface area contributed by atoms with Crippen LogP contribution in [0.1, 0.15) is 6.92 Å². The molecule has 1 rings (SSSR count). The van der Waals surface area contributed by atoms with Gasteiger partial charge in [0.1, 0.15) is 0 Å². The fraction of sp³-hybridized carbons (Fsp3) is 0.200. The molecule has 0 spiro atoms. The molecule has 0 fully saturated rings. The van der Waals surface area contributed by atoms with Crippen molar-refractivity contribution in [3.63, 3.8) is 0 Å². The van der Waals surface area contributed by atoms with Crippen LogP contribution in [0.3, 0.4) is 0 Å². The van der Waals surface area contributed by atoms with Gasteiger partial charge in [-0.2, -0.15) is 0 Å². The van der Waals surface area contributed by atoms with Crippen LogP contribution in [0.2, 0.25) is 0 Å². The number of hydrogen-bond acceptors (Lipinski definition) is 5. The number of benzene rings is 1. The fourth-order valence-corrected chi connectivity index (χ4v) is 4.56. The van der Waals surface area contributed by atoms with Crippen molar-refractivity contribution < 1.29 is 38.3 Å². The molecule has 0 bridgehead atoms. The Morgan fingerprint density at radius 3 is 1.91 bits per heavy atom. The lowest BCUT2D eigenvalue weighted by molar-refractivity contribution is -0.118. The Balaban J connectivity index is 2.76. The molecule has 6 N–H and O–H groups in total. The number of carbonyl (C=O) groups is 2. The van der Waals surface area contributed by atoms with Crippen LogP contribution in [-0.4, -0.2) is 36.8 Å². The van der Waals surface area contributed by atoms with Crippen LogP contribution in [0.4, 0.5) is 5.69 Å². The molecule has 128 valence electrons. The molecule has 0 aliphatic carbocycles. The number of rotatable bonds is 6. The van der Waals surface area contributed by atoms with E-state index in [1.165, 1.54) is 31.2 Å². The molecule has 0 aliphatic heterocycles. The Morgan fingerprint density at radius 2 is 1.52 bits per heavy atom. The SMILES string of the molecule is CC(=O)Nc1ccc(SNC(=O)C(P(=O)(O)O)P(=O)(O)O)cc1. The molecule has 0 saturated heterocycles. The van der Waals surface area contributed by atoms with Crippen LogP contribution in [0.25, 0.3) is 0 Å². The maximum absolute atomic E-state index is 11.6. The maximum atomic E-state index is 11.6. The topological polar surface area (TPSA) is 173 Å². The largest absolute Gasteiger partial charge is 0.350 e. The summed E-state index contributed by atoms with van der Waals surface area (Å²) in [4.78, 5) is 58.6. The van der Waals surface area contributed by atoms with Crippen LogP contribution in [0.5, 0.6) is 0 Å². The van der Waals surface area contributed by atoms with Gasteiger partial charge in [-0.05, 0) is 36.2 Å². The minimum Gasteiger partial charge on any atom is -0.326 e. The van der Waals surface area contributed by atoms with E-state index in [1.54, 1.807) is 0 Å². The zero-order valence-corrected chi connectivity index (χ0v) is 14.2. The average Bonchev–Trinajstić information content (AvgIpc) is 2.33. The first-order chi connectivity index (χ1) is 10.4. The van der Waals surface area contributed by atoms with Crippen molar-refractivity contribution in [3.8, 4) is 0 Å². The van der Waals surface area contributed by atoms with Crippen molar-refractivity contribution in [2.24, 2.45) is 0 Å². The zero-order chi connectivity index (χ0) is 17.8. The molecule has 2 amide bonds. The lowest BCUT2D eigenvalue weighted by Crippen LogP contribution is -2.30. The molecular formula is C10H14N2O8P2S. The van der Waals surface area contributed by atoms with Crippen LogP contribution < -0.4 is 10.0 Å². The number of carbonyl (C=O) groups excluding carboxylic acids is 2. The molecule has 0 aliphatic rings. The molecule has 1 aromatic carbocycles. The molecule has 10 nitrogen and oxygen atoms in total. The molecule has 0 aromatic heterocycles. The van der Waals surface area contributed by atoms with Gasteiger partial charge in [-0.3, -0.25) is 23.4 Å². The summed E-state index contributed by atoms with van der Waals surface area (Å²) in [5.74, 6) is -1.76. The summed E-state index contributed by atoms with van der Waals surface area (Å²) in [6.45, 7) is 1.33. The van der Waals surface area contributed by atoms with Crippen LogP contribution in [-0.2, 0) is 18.7 Å². The summed E-state index contributed by atoms with van der Waals surface area (Å²) >= 11 is 0.618. The maximum Gasteiger partial charge on any atom is 0.350 e. The highest BCUT2D eigenvalue weighted by Gasteiger charge is 2.49. The van der Waals surface area contributed by atoms with Gasteiger partial charge >= 0.3 is 15.2 Å². The Kier molecular flexibility index (Phi) is 6.55. The van der Waals surface area contributed by atoms with E-state index in [0.29, 0.717) is 22.5 Å². The molecule has 23 heavy (non-hydrogen) atoms. The Morgan fingerprint density at radius 1 is 1.04 bits per heavy atom. The zero-order valence-electron chi connectivity index (χ0n) is 11.6. The minimum atomic E-state index is -5.33. The van der Waals surface area contributed by atoms with Gasteiger partial charge in [-0.25, -0.2) is 0 Å². The fourth-order valence-electron chi connectivity index (χ4n) is 1.47. The molecule has 13 heteroatoms. The molecule has 0 atom stereocenters. The normalized spacial score (nSPS) is 12.1. The Labute approximate surface area is 135 Å². The van der Waals surface area contributed by atoms with Gasteiger partial charge in [0.05, 0.1) is 0 Å². The predicted octanol–water partition coefficient (Wildman–Crippen LogP) is 0.450. The summed E-state index contributed by atoms with van der Waals surface area (Å²) in [5.41, 5.74) is 0.497. The third-order valence-corrected chi connectivity index (χ3v) is 6.68. The third kappa shape index (κ3) is 6.44. The number of anilines is 1. The highest BCUT2D eigenvalue weighted by Crippen LogP contribution is 2.59. The second-order valence-corrected chi connectivity index (χ2v) is 9.00. The molecule has 0 unspecified atom stereocenters. The van der Waals surface area contributed by atoms with E-state index in [4.69, 9.17) is 19.6 Å². The van der Waals surface area contributed by atoms with Crippen molar-refractivity contribution in [2.75, 3.05) is 5.32 Å². The first-order valence-electron chi connectivity index (χ1n) is 5.86. The second kappa shape index (κ2) is 7.59. The molecule has 0 radical (unpaired) electrons. The van der Waals surface area contributed by atoms with Gasteiger partial charge in [0, 0.05) is 17.5 Å². The summed E-state index contributed by atoms with van der Waals surface area (Å²) in [6, 6.07) is 6.00. The van der Waals surface area contributed by atoms with Gasteiger partial charge in [-0.15, -0.1) is 0 Å². The van der Waals surface area contributed by atoms with E-state index in [9.17, 15) is 18.7 Å². The van der Waals surface area contributed by atoms with Crippen molar-refractivity contribution >= 4 is 44.6 Å². The van der Waals surface area contributed by atoms with Crippen molar-refractivity contribution in [3.05, 3.63) is 24.3 Å². The van der Waals surface area contributed by atoms with Gasteiger partial charge in [0.15, 0.2) is 0 Å². The van der Waals surface area contributed by atoms with E-state index in [-0.39, 0.29) is 5.91 Å². The number of nitrogens with one attached hydrogen (secondary N) is 2. The second-order valence-electron chi connectivity index (χ2n) is 4.33. The van der Waals surface area contributed by atoms with Gasteiger partial charge in [0.25, 0.3) is 5.91 Å². The Hall–Kier alpha value is -1.19. The van der Waals surface area contributed by atoms with Gasteiger partial charge in [0.2, 0.25) is 11.3 Å². The van der Waals surface area contributed by atoms with Crippen LogP contribution in [0.15, 0.2) is 29.2 Å². The monoisotopic (exact) mass is 384 g/mol. The standard InChI is InChI=1S/C10H14N2O8P2S/c1-6(13)11-7-2-4-8(5-3-7)23-12-9(14)10(21(15,16)17)22(18,19)20/h2-5,10H,1H3,(H,11,13)(H,12,14)(H2,15,16,17)(H2,18,19,20). The first kappa shape index (κ1) is 19.9. The average molecular weight is 384 g/mol. The summed E-state index contributed by atoms with van der Waals surface area (Å²) < 4.78 is 24.1. The summed E-state index contributed by atoms with van der Waals surface area (Å²) in [5, 5.41) is -0.249. The van der Waals surface area contributed by atoms with Gasteiger partial charge in [-0.1, -0.05) is 0 Å². The lowest BCUT2D eigenvalue weighted by Gasteiger charge is -2.18. The van der Waals surface area contributed by atoms with E-state index < -0.39 is 26.5 Å².